The van der Waals surface area contributed by atoms with E-state index >= 15 is 0 Å². The Morgan fingerprint density at radius 3 is 2.39 bits per heavy atom. The van der Waals surface area contributed by atoms with Gasteiger partial charge in [-0.1, -0.05) is 6.07 Å². The first-order valence-corrected chi connectivity index (χ1v) is 6.63. The number of carbonyl (C=O) groups is 1. The number of fused-ring (bicyclic) bond motifs is 1. The third kappa shape index (κ3) is 2.20. The van der Waals surface area contributed by atoms with Crippen LogP contribution in [0.1, 0.15) is 17.2 Å². The number of rotatable bonds is 1. The molecule has 0 bridgehead atoms. The number of aromatic nitrogens is 2. The largest absolute Gasteiger partial charge is 0.332 e. The molecular weight excluding hydrogens is 310 g/mol. The van der Waals surface area contributed by atoms with Crippen LogP contribution in [0.4, 0.5) is 19.4 Å². The molecule has 1 aliphatic rings. The number of nitrogens with zero attached hydrogens (tertiary/aromatic N) is 2. The summed E-state index contributed by atoms with van der Waals surface area (Å²) in [5.74, 6) is -2.11. The maximum Gasteiger partial charge on any atom is 0.332 e. The Labute approximate surface area is 128 Å². The second-order valence-electron chi connectivity index (χ2n) is 5.17. The predicted molar refractivity (Wildman–Crippen MR) is 77.3 cm³/mol. The summed E-state index contributed by atoms with van der Waals surface area (Å²) < 4.78 is 28.6. The number of urea groups is 1. The van der Waals surface area contributed by atoms with Gasteiger partial charge in [-0.2, -0.15) is 0 Å². The summed E-state index contributed by atoms with van der Waals surface area (Å²) in [6.45, 7) is 0. The Bertz CT molecular complexity index is 948. The van der Waals surface area contributed by atoms with Crippen LogP contribution in [-0.4, -0.2) is 15.2 Å². The van der Waals surface area contributed by atoms with E-state index in [2.05, 4.69) is 10.6 Å². The SMILES string of the molecule is Cn1c2c(c(=O)n(C)c1=O)C(c1ccc(F)c(F)c1)NC(=O)N2. The van der Waals surface area contributed by atoms with E-state index in [1.54, 1.807) is 0 Å². The minimum Gasteiger partial charge on any atom is -0.327 e. The van der Waals surface area contributed by atoms with Crippen molar-refractivity contribution in [1.82, 2.24) is 14.5 Å². The Kier molecular flexibility index (Phi) is 3.28. The molecule has 7 nitrogen and oxygen atoms in total. The van der Waals surface area contributed by atoms with E-state index in [9.17, 15) is 23.2 Å². The van der Waals surface area contributed by atoms with Gasteiger partial charge in [0.05, 0.1) is 11.6 Å². The van der Waals surface area contributed by atoms with Crippen LogP contribution in [0.2, 0.25) is 0 Å². The first-order chi connectivity index (χ1) is 10.8. The second-order valence-corrected chi connectivity index (χ2v) is 5.17. The number of halogens is 2. The summed E-state index contributed by atoms with van der Waals surface area (Å²) in [6.07, 6.45) is 0. The van der Waals surface area contributed by atoms with Crippen molar-refractivity contribution in [2.75, 3.05) is 5.32 Å². The van der Waals surface area contributed by atoms with Gasteiger partial charge in [0.15, 0.2) is 11.6 Å². The standard InChI is InChI=1S/C14H12F2N4O3/c1-19-11-9(12(21)20(2)14(19)23)10(17-13(22)18-11)6-3-4-7(15)8(16)5-6/h3-5,10H,1-2H3,(H2,17,18,22). The Hall–Kier alpha value is -2.97. The van der Waals surface area contributed by atoms with Crippen molar-refractivity contribution in [3.05, 3.63) is 61.8 Å². The van der Waals surface area contributed by atoms with Gasteiger partial charge in [0.2, 0.25) is 0 Å². The molecule has 1 unspecified atom stereocenters. The fourth-order valence-electron chi connectivity index (χ4n) is 2.57. The topological polar surface area (TPSA) is 85.1 Å². The van der Waals surface area contributed by atoms with Gasteiger partial charge in [0, 0.05) is 14.1 Å². The minimum atomic E-state index is -1.10. The quantitative estimate of drug-likeness (QED) is 0.806. The van der Waals surface area contributed by atoms with Crippen LogP contribution in [0.3, 0.4) is 0 Å². The number of nitrogens with one attached hydrogen (secondary N) is 2. The van der Waals surface area contributed by atoms with Crippen LogP contribution in [-0.2, 0) is 14.1 Å². The van der Waals surface area contributed by atoms with Crippen LogP contribution in [0.5, 0.6) is 0 Å². The molecule has 0 spiro atoms. The highest BCUT2D eigenvalue weighted by molar-refractivity contribution is 5.92. The van der Waals surface area contributed by atoms with Gasteiger partial charge >= 0.3 is 11.7 Å². The molecule has 0 saturated carbocycles. The molecule has 0 fully saturated rings. The average molecular weight is 322 g/mol. The molecule has 2 heterocycles. The molecule has 0 radical (unpaired) electrons. The molecule has 0 aliphatic carbocycles. The lowest BCUT2D eigenvalue weighted by Crippen LogP contribution is -2.49. The minimum absolute atomic E-state index is 0.0246. The summed E-state index contributed by atoms with van der Waals surface area (Å²) >= 11 is 0. The lowest BCUT2D eigenvalue weighted by atomic mass is 9.98. The summed E-state index contributed by atoms with van der Waals surface area (Å²) in [7, 11) is 2.69. The van der Waals surface area contributed by atoms with E-state index in [4.69, 9.17) is 0 Å². The number of anilines is 1. The van der Waals surface area contributed by atoms with Gasteiger partial charge in [0.25, 0.3) is 5.56 Å². The average Bonchev–Trinajstić information content (AvgIpc) is 2.52. The van der Waals surface area contributed by atoms with E-state index in [-0.39, 0.29) is 16.9 Å². The molecule has 1 atom stereocenters. The van der Waals surface area contributed by atoms with Gasteiger partial charge in [-0.3, -0.25) is 19.2 Å². The van der Waals surface area contributed by atoms with Gasteiger partial charge < -0.3 is 5.32 Å². The van der Waals surface area contributed by atoms with Crippen LogP contribution in [0, 0.1) is 11.6 Å². The predicted octanol–water partition coefficient (Wildman–Crippen LogP) is 0.587. The highest BCUT2D eigenvalue weighted by Crippen LogP contribution is 2.28. The fourth-order valence-corrected chi connectivity index (χ4v) is 2.57. The summed E-state index contributed by atoms with van der Waals surface area (Å²) in [5.41, 5.74) is -0.985. The molecule has 23 heavy (non-hydrogen) atoms. The number of benzene rings is 1. The molecular formula is C14H12F2N4O3. The molecule has 1 aliphatic heterocycles. The fraction of sp³-hybridized carbons (Fsp3) is 0.214. The third-order valence-electron chi connectivity index (χ3n) is 3.77. The summed E-state index contributed by atoms with van der Waals surface area (Å²) in [4.78, 5) is 36.2. The van der Waals surface area contributed by atoms with Crippen molar-refractivity contribution in [2.45, 2.75) is 6.04 Å². The van der Waals surface area contributed by atoms with E-state index in [0.717, 1.165) is 21.3 Å². The molecule has 3 rings (SSSR count). The lowest BCUT2D eigenvalue weighted by molar-refractivity contribution is 0.248. The van der Waals surface area contributed by atoms with Gasteiger partial charge in [-0.25, -0.2) is 18.4 Å². The van der Waals surface area contributed by atoms with Crippen LogP contribution >= 0.6 is 0 Å². The molecule has 1 aromatic heterocycles. The van der Waals surface area contributed by atoms with Crippen molar-refractivity contribution < 1.29 is 13.6 Å². The summed E-state index contributed by atoms with van der Waals surface area (Å²) in [5, 5.41) is 4.88. The Morgan fingerprint density at radius 2 is 1.74 bits per heavy atom. The maximum absolute atomic E-state index is 13.5. The molecule has 1 aromatic carbocycles. The lowest BCUT2D eigenvalue weighted by Gasteiger charge is -2.28. The molecule has 120 valence electrons. The van der Waals surface area contributed by atoms with Crippen molar-refractivity contribution in [2.24, 2.45) is 14.1 Å². The van der Waals surface area contributed by atoms with E-state index < -0.39 is 35.0 Å². The van der Waals surface area contributed by atoms with Crippen LogP contribution in [0.15, 0.2) is 27.8 Å². The zero-order chi connectivity index (χ0) is 16.9. The maximum atomic E-state index is 13.5. The number of carbonyl (C=O) groups excluding carboxylic acids is 1. The number of amides is 2. The molecule has 9 heteroatoms. The number of hydrogen-bond acceptors (Lipinski definition) is 3. The van der Waals surface area contributed by atoms with E-state index in [1.165, 1.54) is 20.2 Å². The first kappa shape index (κ1) is 14.9. The highest BCUT2D eigenvalue weighted by Gasteiger charge is 2.32. The monoisotopic (exact) mass is 322 g/mol. The summed E-state index contributed by atoms with van der Waals surface area (Å²) in [6, 6.07) is 1.42. The van der Waals surface area contributed by atoms with Gasteiger partial charge in [0.1, 0.15) is 5.82 Å². The Balaban J connectivity index is 2.31. The molecule has 2 N–H and O–H groups in total. The Morgan fingerprint density at radius 1 is 1.04 bits per heavy atom. The smallest absolute Gasteiger partial charge is 0.327 e. The zero-order valence-corrected chi connectivity index (χ0v) is 12.2. The highest BCUT2D eigenvalue weighted by atomic mass is 19.2. The first-order valence-electron chi connectivity index (χ1n) is 6.63. The van der Waals surface area contributed by atoms with Crippen LogP contribution in [0.25, 0.3) is 0 Å². The van der Waals surface area contributed by atoms with Crippen molar-refractivity contribution >= 4 is 11.8 Å². The molecule has 2 aromatic rings. The van der Waals surface area contributed by atoms with Crippen molar-refractivity contribution in [3.63, 3.8) is 0 Å². The normalized spacial score (nSPS) is 16.5. The van der Waals surface area contributed by atoms with Gasteiger partial charge in [-0.15, -0.1) is 0 Å². The van der Waals surface area contributed by atoms with Crippen LogP contribution < -0.4 is 21.9 Å². The second kappa shape index (κ2) is 5.04. The molecule has 0 saturated heterocycles. The number of hydrogen-bond donors (Lipinski definition) is 2. The third-order valence-corrected chi connectivity index (χ3v) is 3.77. The molecule has 2 amide bonds. The van der Waals surface area contributed by atoms with Crippen molar-refractivity contribution in [1.29, 1.82) is 0 Å². The van der Waals surface area contributed by atoms with Gasteiger partial charge in [-0.05, 0) is 17.7 Å². The van der Waals surface area contributed by atoms with E-state index in [0.29, 0.717) is 0 Å². The zero-order valence-electron chi connectivity index (χ0n) is 12.2. The van der Waals surface area contributed by atoms with Crippen molar-refractivity contribution in [3.8, 4) is 0 Å². The van der Waals surface area contributed by atoms with E-state index in [1.807, 2.05) is 0 Å².